The van der Waals surface area contributed by atoms with E-state index in [0.717, 1.165) is 21.3 Å². The third kappa shape index (κ3) is 4.81. The number of ether oxygens (including phenoxy) is 2. The van der Waals surface area contributed by atoms with Gasteiger partial charge in [0.05, 0.1) is 0 Å². The minimum atomic E-state index is -1.01. The Bertz CT molecular complexity index is 826. The lowest BCUT2D eigenvalue weighted by molar-refractivity contribution is -0.138. The Kier molecular flexibility index (Phi) is 6.36. The minimum Gasteiger partial charge on any atom is -0.489 e. The Morgan fingerprint density at radius 1 is 1.30 bits per heavy atom. The van der Waals surface area contributed by atoms with Gasteiger partial charge in [0.25, 0.3) is 0 Å². The van der Waals surface area contributed by atoms with E-state index in [1.54, 1.807) is 5.01 Å². The highest BCUT2D eigenvalue weighted by Gasteiger charge is 2.28. The molecule has 142 valence electrons. The minimum absolute atomic E-state index is 0.124. The lowest BCUT2D eigenvalue weighted by atomic mass is 10.2. The Balaban J connectivity index is 1.77. The summed E-state index contributed by atoms with van der Waals surface area (Å²) in [5.41, 5.74) is 2.17. The number of rotatable bonds is 8. The summed E-state index contributed by atoms with van der Waals surface area (Å²) in [7, 11) is 0. The van der Waals surface area contributed by atoms with Gasteiger partial charge in [0, 0.05) is 23.1 Å². The van der Waals surface area contributed by atoms with Crippen molar-refractivity contribution in [1.82, 2.24) is 10.0 Å². The van der Waals surface area contributed by atoms with Crippen molar-refractivity contribution in [2.75, 3.05) is 13.3 Å². The first-order valence-corrected chi connectivity index (χ1v) is 9.40. The molecule has 1 heterocycles. The molecule has 1 N–H and O–H groups in total. The first-order valence-electron chi connectivity index (χ1n) is 8.61. The van der Waals surface area contributed by atoms with E-state index in [9.17, 15) is 9.90 Å². The molecule has 1 aliphatic heterocycles. The van der Waals surface area contributed by atoms with Crippen LogP contribution in [0.25, 0.3) is 0 Å². The van der Waals surface area contributed by atoms with Crippen LogP contribution in [0.1, 0.15) is 18.1 Å². The van der Waals surface area contributed by atoms with E-state index in [-0.39, 0.29) is 12.4 Å². The second-order valence-electron chi connectivity index (χ2n) is 6.01. The van der Waals surface area contributed by atoms with Gasteiger partial charge < -0.3 is 14.6 Å². The zero-order valence-corrected chi connectivity index (χ0v) is 16.6. The van der Waals surface area contributed by atoms with Crippen LogP contribution in [0.5, 0.6) is 5.75 Å². The standard InChI is InChI=1S/C20H21BrN2O4/c1-2-22(23-14-26-13-18(23)20(24)25)11-16-10-17(21)8-9-19(16)27-12-15-6-4-3-5-7-15/h3-10,13H,2,11-12,14H2,1H3,(H,24,25). The zero-order chi connectivity index (χ0) is 19.2. The molecule has 3 rings (SSSR count). The van der Waals surface area contributed by atoms with E-state index < -0.39 is 5.97 Å². The summed E-state index contributed by atoms with van der Waals surface area (Å²) in [6.45, 7) is 3.74. The van der Waals surface area contributed by atoms with Gasteiger partial charge in [-0.15, -0.1) is 0 Å². The molecule has 1 aliphatic rings. The number of carboxylic acid groups (broad SMARTS) is 1. The number of aliphatic carboxylic acids is 1. The van der Waals surface area contributed by atoms with Gasteiger partial charge in [0.2, 0.25) is 0 Å². The third-order valence-electron chi connectivity index (χ3n) is 4.21. The molecule has 27 heavy (non-hydrogen) atoms. The first-order chi connectivity index (χ1) is 13.1. The number of hydrogen-bond donors (Lipinski definition) is 1. The lowest BCUT2D eigenvalue weighted by Crippen LogP contribution is -2.41. The summed E-state index contributed by atoms with van der Waals surface area (Å²) < 4.78 is 12.2. The van der Waals surface area contributed by atoms with E-state index in [2.05, 4.69) is 15.9 Å². The predicted octanol–water partition coefficient (Wildman–Crippen LogP) is 3.98. The number of benzene rings is 2. The molecule has 0 aromatic heterocycles. The molecule has 0 fully saturated rings. The Morgan fingerprint density at radius 3 is 2.78 bits per heavy atom. The number of hydrogen-bond acceptors (Lipinski definition) is 5. The van der Waals surface area contributed by atoms with Crippen LogP contribution in [0, 0.1) is 0 Å². The number of carbonyl (C=O) groups is 1. The number of halogens is 1. The highest BCUT2D eigenvalue weighted by atomic mass is 79.9. The molecule has 6 nitrogen and oxygen atoms in total. The summed E-state index contributed by atoms with van der Waals surface area (Å²) in [5, 5.41) is 12.9. The maximum absolute atomic E-state index is 11.4. The summed E-state index contributed by atoms with van der Waals surface area (Å²) in [5.74, 6) is -0.248. The van der Waals surface area contributed by atoms with E-state index in [4.69, 9.17) is 9.47 Å². The number of nitrogens with zero attached hydrogens (tertiary/aromatic N) is 2. The highest BCUT2D eigenvalue weighted by molar-refractivity contribution is 9.10. The second kappa shape index (κ2) is 8.92. The quantitative estimate of drug-likeness (QED) is 0.680. The van der Waals surface area contributed by atoms with Crippen LogP contribution in [0.3, 0.4) is 0 Å². The molecule has 0 saturated heterocycles. The molecule has 0 unspecified atom stereocenters. The van der Waals surface area contributed by atoms with Crippen molar-refractivity contribution in [3.05, 3.63) is 76.1 Å². The molecule has 0 aliphatic carbocycles. The summed E-state index contributed by atoms with van der Waals surface area (Å²) in [6, 6.07) is 15.8. The molecular weight excluding hydrogens is 412 g/mol. The SMILES string of the molecule is CCN(Cc1cc(Br)ccc1OCc1ccccc1)N1COC=C1C(=O)O. The molecule has 0 spiro atoms. The molecule has 7 heteroatoms. The van der Waals surface area contributed by atoms with E-state index in [1.807, 2.05) is 60.5 Å². The van der Waals surface area contributed by atoms with Gasteiger partial charge >= 0.3 is 5.97 Å². The van der Waals surface area contributed by atoms with Crippen LogP contribution in [-0.4, -0.2) is 34.4 Å². The second-order valence-corrected chi connectivity index (χ2v) is 6.93. The fourth-order valence-corrected chi connectivity index (χ4v) is 3.23. The van der Waals surface area contributed by atoms with E-state index in [1.165, 1.54) is 6.26 Å². The van der Waals surface area contributed by atoms with Gasteiger partial charge in [0.15, 0.2) is 12.4 Å². The van der Waals surface area contributed by atoms with Crippen LogP contribution < -0.4 is 4.74 Å². The van der Waals surface area contributed by atoms with Gasteiger partial charge in [-0.2, -0.15) is 0 Å². The molecule has 2 aromatic rings. The first kappa shape index (κ1) is 19.3. The van der Waals surface area contributed by atoms with Crippen LogP contribution in [0.2, 0.25) is 0 Å². The summed E-state index contributed by atoms with van der Waals surface area (Å²) in [6.07, 6.45) is 1.28. The molecule has 0 saturated carbocycles. The Labute approximate surface area is 166 Å². The Hall–Kier alpha value is -2.51. The van der Waals surface area contributed by atoms with Crippen molar-refractivity contribution >= 4 is 21.9 Å². The predicted molar refractivity (Wildman–Crippen MR) is 105 cm³/mol. The number of hydrazine groups is 1. The van der Waals surface area contributed by atoms with Crippen LogP contribution in [0.15, 0.2) is 65.0 Å². The fourth-order valence-electron chi connectivity index (χ4n) is 2.82. The van der Waals surface area contributed by atoms with Crippen LogP contribution >= 0.6 is 15.9 Å². The van der Waals surface area contributed by atoms with Crippen molar-refractivity contribution in [2.24, 2.45) is 0 Å². The number of carboxylic acids is 1. The average molecular weight is 433 g/mol. The van der Waals surface area contributed by atoms with Gasteiger partial charge in [-0.25, -0.2) is 9.80 Å². The molecule has 0 atom stereocenters. The van der Waals surface area contributed by atoms with Crippen molar-refractivity contribution in [3.63, 3.8) is 0 Å². The zero-order valence-electron chi connectivity index (χ0n) is 15.0. The van der Waals surface area contributed by atoms with Crippen LogP contribution in [0.4, 0.5) is 0 Å². The third-order valence-corrected chi connectivity index (χ3v) is 4.70. The molecule has 0 amide bonds. The maximum atomic E-state index is 11.4. The van der Waals surface area contributed by atoms with Crippen LogP contribution in [-0.2, 0) is 22.7 Å². The maximum Gasteiger partial charge on any atom is 0.356 e. The highest BCUT2D eigenvalue weighted by Crippen LogP contribution is 2.27. The molecule has 2 aromatic carbocycles. The van der Waals surface area contributed by atoms with E-state index in [0.29, 0.717) is 19.7 Å². The largest absolute Gasteiger partial charge is 0.489 e. The van der Waals surface area contributed by atoms with E-state index >= 15 is 0 Å². The topological polar surface area (TPSA) is 62.2 Å². The Morgan fingerprint density at radius 2 is 2.07 bits per heavy atom. The fraction of sp³-hybridized carbons (Fsp3) is 0.250. The van der Waals surface area contributed by atoms with Gasteiger partial charge in [0.1, 0.15) is 18.6 Å². The van der Waals surface area contributed by atoms with Gasteiger partial charge in [-0.1, -0.05) is 53.2 Å². The molecule has 0 bridgehead atoms. The smallest absolute Gasteiger partial charge is 0.356 e. The molecule has 0 radical (unpaired) electrons. The normalized spacial score (nSPS) is 13.4. The molecular formula is C20H21BrN2O4. The van der Waals surface area contributed by atoms with Crippen molar-refractivity contribution in [1.29, 1.82) is 0 Å². The average Bonchev–Trinajstić information content (AvgIpc) is 3.16. The van der Waals surface area contributed by atoms with Gasteiger partial charge in [-0.05, 0) is 23.8 Å². The van der Waals surface area contributed by atoms with Crippen molar-refractivity contribution < 1.29 is 19.4 Å². The van der Waals surface area contributed by atoms with Crippen molar-refractivity contribution in [3.8, 4) is 5.75 Å². The summed E-state index contributed by atoms with van der Waals surface area (Å²) in [4.78, 5) is 11.4. The lowest BCUT2D eigenvalue weighted by Gasteiger charge is -2.32. The van der Waals surface area contributed by atoms with Gasteiger partial charge in [-0.3, -0.25) is 5.01 Å². The van der Waals surface area contributed by atoms with Crippen molar-refractivity contribution in [2.45, 2.75) is 20.1 Å². The summed E-state index contributed by atoms with van der Waals surface area (Å²) >= 11 is 3.50. The monoisotopic (exact) mass is 432 g/mol.